The number of benzene rings is 1. The first-order valence-corrected chi connectivity index (χ1v) is 3.63. The Morgan fingerprint density at radius 2 is 2.27 bits per heavy atom. The molecule has 0 aliphatic heterocycles. The van der Waals surface area contributed by atoms with Crippen LogP contribution in [-0.4, -0.2) is 16.0 Å². The molecule has 1 aromatic rings. The first kappa shape index (κ1) is 10.5. The van der Waals surface area contributed by atoms with Gasteiger partial charge in [-0.3, -0.25) is 10.1 Å². The second-order valence-electron chi connectivity index (χ2n) is 2.45. The highest BCUT2D eigenvalue weighted by Crippen LogP contribution is 2.24. The van der Waals surface area contributed by atoms with Crippen molar-refractivity contribution in [2.24, 2.45) is 5.11 Å². The van der Waals surface area contributed by atoms with Crippen molar-refractivity contribution in [3.63, 3.8) is 0 Å². The molecule has 0 bridgehead atoms. The highest BCUT2D eigenvalue weighted by molar-refractivity contribution is 5.94. The summed E-state index contributed by atoms with van der Waals surface area (Å²) in [4.78, 5) is 22.7. The van der Waals surface area contributed by atoms with E-state index in [1.54, 1.807) is 0 Å². The van der Waals surface area contributed by atoms with Crippen molar-refractivity contribution in [3.05, 3.63) is 44.3 Å². The molecule has 15 heavy (non-hydrogen) atoms. The average molecular weight is 208 g/mol. The average Bonchev–Trinajstić information content (AvgIpc) is 2.18. The molecular formula is C7H4N4O4. The number of rotatable bonds is 3. The molecule has 1 aromatic carbocycles. The third-order valence-electron chi connectivity index (χ3n) is 1.57. The Balaban J connectivity index is 3.39. The predicted molar refractivity (Wildman–Crippen MR) is 48.9 cm³/mol. The molecule has 76 valence electrons. The summed E-state index contributed by atoms with van der Waals surface area (Å²) < 4.78 is 0. The summed E-state index contributed by atoms with van der Waals surface area (Å²) in [5, 5.41) is 22.2. The molecule has 8 heteroatoms. The van der Waals surface area contributed by atoms with Crippen molar-refractivity contribution in [2.75, 3.05) is 0 Å². The van der Waals surface area contributed by atoms with Crippen molar-refractivity contribution in [1.82, 2.24) is 0 Å². The van der Waals surface area contributed by atoms with Crippen LogP contribution < -0.4 is 0 Å². The van der Waals surface area contributed by atoms with Gasteiger partial charge in [-0.25, -0.2) is 4.79 Å². The molecule has 0 atom stereocenters. The molecule has 0 amide bonds. The van der Waals surface area contributed by atoms with E-state index >= 15 is 0 Å². The maximum atomic E-state index is 10.7. The fourth-order valence-corrected chi connectivity index (χ4v) is 0.944. The summed E-state index contributed by atoms with van der Waals surface area (Å²) in [6.07, 6.45) is 0. The van der Waals surface area contributed by atoms with Gasteiger partial charge in [0.15, 0.2) is 0 Å². The molecule has 0 aliphatic carbocycles. The van der Waals surface area contributed by atoms with E-state index in [4.69, 9.17) is 10.6 Å². The van der Waals surface area contributed by atoms with Crippen molar-refractivity contribution in [1.29, 1.82) is 0 Å². The van der Waals surface area contributed by atoms with Gasteiger partial charge in [0.1, 0.15) is 0 Å². The fraction of sp³-hybridized carbons (Fsp3) is 0. The van der Waals surface area contributed by atoms with Gasteiger partial charge in [0.25, 0.3) is 5.69 Å². The number of hydrogen-bond donors (Lipinski definition) is 1. The molecule has 0 saturated heterocycles. The number of carboxylic acid groups (broad SMARTS) is 1. The summed E-state index contributed by atoms with van der Waals surface area (Å²) in [5.74, 6) is -1.39. The zero-order chi connectivity index (χ0) is 11.4. The van der Waals surface area contributed by atoms with Crippen LogP contribution in [0.15, 0.2) is 23.3 Å². The zero-order valence-corrected chi connectivity index (χ0v) is 7.19. The quantitative estimate of drug-likeness (QED) is 0.268. The summed E-state index contributed by atoms with van der Waals surface area (Å²) in [7, 11) is 0. The third-order valence-corrected chi connectivity index (χ3v) is 1.57. The first-order valence-electron chi connectivity index (χ1n) is 3.63. The van der Waals surface area contributed by atoms with Crippen LogP contribution in [0.3, 0.4) is 0 Å². The van der Waals surface area contributed by atoms with E-state index in [0.717, 1.165) is 18.2 Å². The van der Waals surface area contributed by atoms with Crippen LogP contribution in [0.1, 0.15) is 10.4 Å². The van der Waals surface area contributed by atoms with E-state index in [9.17, 15) is 14.9 Å². The lowest BCUT2D eigenvalue weighted by atomic mass is 10.1. The zero-order valence-electron chi connectivity index (χ0n) is 7.19. The number of azide groups is 1. The molecule has 0 unspecified atom stereocenters. The molecule has 0 fully saturated rings. The second kappa shape index (κ2) is 4.07. The summed E-state index contributed by atoms with van der Waals surface area (Å²) in [6, 6.07) is 2.99. The van der Waals surface area contributed by atoms with Crippen molar-refractivity contribution >= 4 is 17.3 Å². The minimum Gasteiger partial charge on any atom is -0.478 e. The largest absolute Gasteiger partial charge is 0.478 e. The fourth-order valence-electron chi connectivity index (χ4n) is 0.944. The van der Waals surface area contributed by atoms with Gasteiger partial charge < -0.3 is 5.11 Å². The van der Waals surface area contributed by atoms with Crippen LogP contribution in [0.2, 0.25) is 0 Å². The molecule has 0 heterocycles. The molecule has 0 aliphatic rings. The van der Waals surface area contributed by atoms with E-state index in [1.165, 1.54) is 0 Å². The van der Waals surface area contributed by atoms with Gasteiger partial charge >= 0.3 is 5.97 Å². The number of carboxylic acids is 1. The Morgan fingerprint density at radius 1 is 1.60 bits per heavy atom. The molecule has 0 aromatic heterocycles. The van der Waals surface area contributed by atoms with E-state index < -0.39 is 16.5 Å². The van der Waals surface area contributed by atoms with Crippen LogP contribution in [0.25, 0.3) is 10.4 Å². The van der Waals surface area contributed by atoms with Crippen LogP contribution in [0.4, 0.5) is 11.4 Å². The SMILES string of the molecule is [N-]=[N+]=Nc1ccc([N+](=O)[O-])cc1C(=O)O. The minimum absolute atomic E-state index is 0.157. The van der Waals surface area contributed by atoms with Crippen LogP contribution in [-0.2, 0) is 0 Å². The number of aromatic carboxylic acids is 1. The smallest absolute Gasteiger partial charge is 0.336 e. The van der Waals surface area contributed by atoms with E-state index in [2.05, 4.69) is 10.0 Å². The lowest BCUT2D eigenvalue weighted by molar-refractivity contribution is -0.384. The molecule has 0 saturated carbocycles. The maximum Gasteiger partial charge on any atom is 0.336 e. The topological polar surface area (TPSA) is 129 Å². The Hall–Kier alpha value is -2.60. The highest BCUT2D eigenvalue weighted by atomic mass is 16.6. The highest BCUT2D eigenvalue weighted by Gasteiger charge is 2.14. The second-order valence-corrected chi connectivity index (χ2v) is 2.45. The van der Waals surface area contributed by atoms with Gasteiger partial charge in [-0.2, -0.15) is 0 Å². The normalized spacial score (nSPS) is 9.07. The lowest BCUT2D eigenvalue weighted by Gasteiger charge is -1.98. The molecular weight excluding hydrogens is 204 g/mol. The molecule has 0 radical (unpaired) electrons. The van der Waals surface area contributed by atoms with Crippen molar-refractivity contribution in [2.45, 2.75) is 0 Å². The Labute approximate surface area is 82.5 Å². The van der Waals surface area contributed by atoms with Gasteiger partial charge in [-0.15, -0.1) is 0 Å². The van der Waals surface area contributed by atoms with Crippen LogP contribution in [0.5, 0.6) is 0 Å². The number of nitrogens with zero attached hydrogens (tertiary/aromatic N) is 4. The van der Waals surface area contributed by atoms with Gasteiger partial charge in [0.05, 0.1) is 16.2 Å². The maximum absolute atomic E-state index is 10.7. The predicted octanol–water partition coefficient (Wildman–Crippen LogP) is 2.23. The van der Waals surface area contributed by atoms with E-state index in [-0.39, 0.29) is 11.4 Å². The number of non-ortho nitro benzene ring substituents is 1. The number of hydrogen-bond acceptors (Lipinski definition) is 4. The minimum atomic E-state index is -1.39. The molecule has 1 rings (SSSR count). The van der Waals surface area contributed by atoms with Gasteiger partial charge in [0, 0.05) is 17.0 Å². The number of nitro groups is 1. The van der Waals surface area contributed by atoms with E-state index in [1.807, 2.05) is 0 Å². The Bertz CT molecular complexity index is 478. The summed E-state index contributed by atoms with van der Waals surface area (Å²) in [5.41, 5.74) is 7.21. The lowest BCUT2D eigenvalue weighted by Crippen LogP contribution is -1.98. The van der Waals surface area contributed by atoms with Gasteiger partial charge in [-0.1, -0.05) is 5.11 Å². The Morgan fingerprint density at radius 3 is 2.73 bits per heavy atom. The van der Waals surface area contributed by atoms with Crippen molar-refractivity contribution in [3.8, 4) is 0 Å². The van der Waals surface area contributed by atoms with Gasteiger partial charge in [-0.05, 0) is 11.6 Å². The molecule has 1 N–H and O–H groups in total. The Kier molecular flexibility index (Phi) is 2.85. The first-order chi connectivity index (χ1) is 7.06. The van der Waals surface area contributed by atoms with E-state index in [0.29, 0.717) is 0 Å². The summed E-state index contributed by atoms with van der Waals surface area (Å²) in [6.45, 7) is 0. The van der Waals surface area contributed by atoms with Crippen molar-refractivity contribution < 1.29 is 14.8 Å². The third kappa shape index (κ3) is 2.20. The summed E-state index contributed by atoms with van der Waals surface area (Å²) >= 11 is 0. The van der Waals surface area contributed by atoms with Crippen LogP contribution in [0, 0.1) is 10.1 Å². The van der Waals surface area contributed by atoms with Crippen LogP contribution >= 0.6 is 0 Å². The molecule has 8 nitrogen and oxygen atoms in total. The van der Waals surface area contributed by atoms with Gasteiger partial charge in [0.2, 0.25) is 0 Å². The monoisotopic (exact) mass is 208 g/mol. The number of carbonyl (C=O) groups is 1. The standard InChI is InChI=1S/C7H4N4O4/c8-10-9-6-2-1-4(11(14)15)3-5(6)7(12)13/h1-3H,(H,12,13). The number of nitro benzene ring substituents is 1. The molecule has 0 spiro atoms.